The third kappa shape index (κ3) is 5.59. The Morgan fingerprint density at radius 2 is 1.53 bits per heavy atom. The molecule has 2 aliphatic heterocycles. The predicted molar refractivity (Wildman–Crippen MR) is 86.3 cm³/mol. The van der Waals surface area contributed by atoms with Gasteiger partial charge in [0, 0.05) is 6.92 Å². The first-order valence-corrected chi connectivity index (χ1v) is 9.61. The van der Waals surface area contributed by atoms with Gasteiger partial charge >= 0.3 is 16.4 Å². The summed E-state index contributed by atoms with van der Waals surface area (Å²) in [5, 5.41) is 61.1. The molecule has 8 N–H and O–H groups in total. The van der Waals surface area contributed by atoms with E-state index in [1.54, 1.807) is 0 Å². The van der Waals surface area contributed by atoms with Gasteiger partial charge in [0.2, 0.25) is 12.2 Å². The summed E-state index contributed by atoms with van der Waals surface area (Å²) >= 11 is 0. The molecule has 30 heavy (non-hydrogen) atoms. The second-order valence-electron chi connectivity index (χ2n) is 6.47. The van der Waals surface area contributed by atoms with Crippen LogP contribution in [0.25, 0.3) is 0 Å². The number of carboxylic acids is 1. The molecule has 0 aliphatic carbocycles. The molecule has 174 valence electrons. The Labute approximate surface area is 168 Å². The number of hydrogen-bond acceptors (Lipinski definition) is 13. The third-order valence-electron chi connectivity index (χ3n) is 4.24. The number of rotatable bonds is 6. The van der Waals surface area contributed by atoms with Crippen LogP contribution in [0, 0.1) is 0 Å². The van der Waals surface area contributed by atoms with E-state index in [4.69, 9.17) is 23.9 Å². The Morgan fingerprint density at radius 1 is 0.933 bits per heavy atom. The molecule has 0 aromatic carbocycles. The van der Waals surface area contributed by atoms with Crippen LogP contribution < -0.4 is 5.32 Å². The van der Waals surface area contributed by atoms with E-state index in [-0.39, 0.29) is 0 Å². The molecule has 0 radical (unpaired) electrons. The van der Waals surface area contributed by atoms with Crippen LogP contribution in [0.2, 0.25) is 0 Å². The van der Waals surface area contributed by atoms with Gasteiger partial charge in [0.15, 0.2) is 18.7 Å². The summed E-state index contributed by atoms with van der Waals surface area (Å²) in [7, 11) is -5.19. The molecule has 0 saturated carbocycles. The molecule has 17 heteroatoms. The van der Waals surface area contributed by atoms with Crippen molar-refractivity contribution in [2.75, 3.05) is 0 Å². The molecule has 0 spiro atoms. The molecule has 0 aromatic heterocycles. The summed E-state index contributed by atoms with van der Waals surface area (Å²) in [6, 6.07) is -1.64. The molecular formula is C13H21NO15S. The van der Waals surface area contributed by atoms with Gasteiger partial charge in [-0.05, 0) is 0 Å². The van der Waals surface area contributed by atoms with Crippen molar-refractivity contribution in [2.45, 2.75) is 68.5 Å². The smallest absolute Gasteiger partial charge is 0.399 e. The van der Waals surface area contributed by atoms with Gasteiger partial charge < -0.3 is 50.2 Å². The highest BCUT2D eigenvalue weighted by Crippen LogP contribution is 2.29. The second kappa shape index (κ2) is 9.32. The normalized spacial score (nSPS) is 42.5. The predicted octanol–water partition coefficient (Wildman–Crippen LogP) is -5.38. The van der Waals surface area contributed by atoms with Crippen molar-refractivity contribution in [1.82, 2.24) is 5.32 Å². The maximum absolute atomic E-state index is 11.4. The number of nitrogens with one attached hydrogen (secondary N) is 1. The Morgan fingerprint density at radius 3 is 2.03 bits per heavy atom. The number of carboxylic acid groups (broad SMARTS) is 1. The van der Waals surface area contributed by atoms with E-state index in [0.29, 0.717) is 0 Å². The largest absolute Gasteiger partial charge is 0.479 e. The lowest BCUT2D eigenvalue weighted by molar-refractivity contribution is -0.350. The van der Waals surface area contributed by atoms with Crippen molar-refractivity contribution < 1.29 is 71.6 Å². The Hall–Kier alpha value is -1.51. The Kier molecular flexibility index (Phi) is 7.69. The number of ether oxygens (including phenoxy) is 3. The molecular weight excluding hydrogens is 442 g/mol. The zero-order valence-corrected chi connectivity index (χ0v) is 15.9. The monoisotopic (exact) mass is 463 g/mol. The van der Waals surface area contributed by atoms with Crippen LogP contribution in [0.5, 0.6) is 0 Å². The van der Waals surface area contributed by atoms with Crippen LogP contribution in [0.3, 0.4) is 0 Å². The van der Waals surface area contributed by atoms with Crippen molar-refractivity contribution in [3.05, 3.63) is 0 Å². The Bertz CT molecular complexity index is 745. The quantitative estimate of drug-likeness (QED) is 0.171. The van der Waals surface area contributed by atoms with Crippen LogP contribution in [-0.4, -0.2) is 117 Å². The van der Waals surface area contributed by atoms with Gasteiger partial charge in [0.25, 0.3) is 0 Å². The minimum atomic E-state index is -5.19. The summed E-state index contributed by atoms with van der Waals surface area (Å²) in [6.45, 7) is 1.00. The maximum Gasteiger partial charge on any atom is 0.399 e. The summed E-state index contributed by atoms with van der Waals surface area (Å²) in [6.07, 6.45) is -18.7. The van der Waals surface area contributed by atoms with E-state index >= 15 is 0 Å². The standard InChI is InChI=1S/C13H21NO15S/c1-2(15)14-3-8(7(19)13(28-11(3)22)29-30(23,24)25)26-12-6(18)4(16)5(17)9(27-12)10(20)21/h3-9,11-13,16-19,22H,1H3,(H,14,15)(H,20,21)(H,23,24,25)/t3-,4+,5+,6-,7+,8-,9+,11+,12-,13-/m0/s1. The van der Waals surface area contributed by atoms with Crippen molar-refractivity contribution in [2.24, 2.45) is 0 Å². The van der Waals surface area contributed by atoms with Gasteiger partial charge in [-0.2, -0.15) is 8.42 Å². The molecule has 10 atom stereocenters. The average molecular weight is 463 g/mol. The fourth-order valence-electron chi connectivity index (χ4n) is 2.90. The number of aliphatic hydroxyl groups is 5. The molecule has 2 saturated heterocycles. The molecule has 2 aliphatic rings. The number of aliphatic hydroxyl groups excluding tert-OH is 5. The first-order valence-electron chi connectivity index (χ1n) is 8.25. The molecule has 2 fully saturated rings. The molecule has 2 heterocycles. The third-order valence-corrected chi connectivity index (χ3v) is 4.67. The highest BCUT2D eigenvalue weighted by atomic mass is 32.3. The Balaban J connectivity index is 2.31. The van der Waals surface area contributed by atoms with Gasteiger partial charge in [-0.25, -0.2) is 8.98 Å². The molecule has 0 unspecified atom stereocenters. The lowest BCUT2D eigenvalue weighted by atomic mass is 9.97. The van der Waals surface area contributed by atoms with E-state index < -0.39 is 83.8 Å². The SMILES string of the molecule is CC(=O)N[C@H]1[C@H](O[C@H]2O[C@@H](C(=O)O)[C@H](O)[C@@H](O)[C@@H]2O)[C@@H](O)[C@H](OS(=O)(=O)O)O[C@H]1O. The number of carbonyl (C=O) groups is 2. The summed E-state index contributed by atoms with van der Waals surface area (Å²) in [5.41, 5.74) is 0. The van der Waals surface area contributed by atoms with Crippen LogP contribution >= 0.6 is 0 Å². The van der Waals surface area contributed by atoms with Gasteiger partial charge in [0.1, 0.15) is 36.6 Å². The zero-order chi connectivity index (χ0) is 23.0. The fourth-order valence-corrected chi connectivity index (χ4v) is 3.30. The lowest BCUT2D eigenvalue weighted by Crippen LogP contribution is -2.67. The van der Waals surface area contributed by atoms with E-state index in [2.05, 4.69) is 9.50 Å². The highest BCUT2D eigenvalue weighted by Gasteiger charge is 2.53. The van der Waals surface area contributed by atoms with Crippen LogP contribution in [0.4, 0.5) is 0 Å². The first kappa shape index (κ1) is 24.8. The van der Waals surface area contributed by atoms with Gasteiger partial charge in [-0.3, -0.25) is 9.35 Å². The van der Waals surface area contributed by atoms with Crippen LogP contribution in [-0.2, 0) is 38.4 Å². The van der Waals surface area contributed by atoms with E-state index in [1.807, 2.05) is 0 Å². The minimum Gasteiger partial charge on any atom is -0.479 e. The second-order valence-corrected chi connectivity index (χ2v) is 7.52. The average Bonchev–Trinajstić information content (AvgIpc) is 2.60. The van der Waals surface area contributed by atoms with Crippen molar-refractivity contribution in [3.8, 4) is 0 Å². The molecule has 0 aromatic rings. The number of carbonyl (C=O) groups excluding carboxylic acids is 1. The fraction of sp³-hybridized carbons (Fsp3) is 0.846. The van der Waals surface area contributed by atoms with E-state index in [1.165, 1.54) is 0 Å². The number of amides is 1. The summed E-state index contributed by atoms with van der Waals surface area (Å²) in [5.74, 6) is -2.51. The van der Waals surface area contributed by atoms with Crippen LogP contribution in [0.1, 0.15) is 6.92 Å². The number of aliphatic carboxylic acids is 1. The minimum absolute atomic E-state index is 0.776. The maximum atomic E-state index is 11.4. The van der Waals surface area contributed by atoms with Crippen molar-refractivity contribution in [3.63, 3.8) is 0 Å². The first-order chi connectivity index (χ1) is 13.7. The van der Waals surface area contributed by atoms with Gasteiger partial charge in [-0.15, -0.1) is 0 Å². The lowest BCUT2D eigenvalue weighted by Gasteiger charge is -2.45. The topological polar surface area (TPSA) is 259 Å². The van der Waals surface area contributed by atoms with Gasteiger partial charge in [-0.1, -0.05) is 0 Å². The molecule has 2 rings (SSSR count). The van der Waals surface area contributed by atoms with E-state index in [9.17, 15) is 43.5 Å². The van der Waals surface area contributed by atoms with Crippen molar-refractivity contribution in [1.29, 1.82) is 0 Å². The molecule has 16 nitrogen and oxygen atoms in total. The summed E-state index contributed by atoms with van der Waals surface area (Å²) < 4.78 is 49.5. The molecule has 1 amide bonds. The highest BCUT2D eigenvalue weighted by molar-refractivity contribution is 7.80. The number of hydrogen-bond donors (Lipinski definition) is 8. The van der Waals surface area contributed by atoms with E-state index in [0.717, 1.165) is 6.92 Å². The zero-order valence-electron chi connectivity index (χ0n) is 15.1. The van der Waals surface area contributed by atoms with Gasteiger partial charge in [0.05, 0.1) is 0 Å². The van der Waals surface area contributed by atoms with Crippen molar-refractivity contribution >= 4 is 22.3 Å². The van der Waals surface area contributed by atoms with Crippen LogP contribution in [0.15, 0.2) is 0 Å². The summed E-state index contributed by atoms with van der Waals surface area (Å²) in [4.78, 5) is 22.6. The molecule has 0 bridgehead atoms.